The molecule has 4 heteroatoms. The quantitative estimate of drug-likeness (QED) is 0.551. The van der Waals surface area contributed by atoms with E-state index in [2.05, 4.69) is 5.32 Å². The average Bonchev–Trinajstić information content (AvgIpc) is 2.15. The van der Waals surface area contributed by atoms with Crippen LogP contribution in [0, 0.1) is 5.92 Å². The van der Waals surface area contributed by atoms with E-state index < -0.39 is 5.97 Å². The van der Waals surface area contributed by atoms with Crippen molar-refractivity contribution >= 4 is 5.97 Å². The fraction of sp³-hybridized carbons (Fsp3) is 0.700. The molecule has 2 atom stereocenters. The topological polar surface area (TPSA) is 69.6 Å². The Bertz CT molecular complexity index is 213. The zero-order valence-corrected chi connectivity index (χ0v) is 8.95. The number of hydrogen-bond acceptors (Lipinski definition) is 3. The zero-order valence-electron chi connectivity index (χ0n) is 8.95. The van der Waals surface area contributed by atoms with Crippen LogP contribution >= 0.6 is 0 Å². The smallest absolute Gasteiger partial charge is 0.330 e. The second kappa shape index (κ2) is 6.56. The van der Waals surface area contributed by atoms with Crippen LogP contribution in [0.1, 0.15) is 20.8 Å². The van der Waals surface area contributed by atoms with E-state index in [1.54, 1.807) is 13.0 Å². The molecule has 2 unspecified atom stereocenters. The van der Waals surface area contributed by atoms with Crippen LogP contribution in [0.4, 0.5) is 0 Å². The molecule has 0 radical (unpaired) electrons. The standard InChI is InChI=1S/C10H19NO3/c1-7(10(13)14)4-5-11-9(3)8(2)6-12/h4,8-9,11-12H,5-6H2,1-3H3,(H,13,14)/b7-4-. The van der Waals surface area contributed by atoms with Gasteiger partial charge in [-0.25, -0.2) is 4.79 Å². The highest BCUT2D eigenvalue weighted by Crippen LogP contribution is 2.00. The number of carboxylic acids is 1. The number of aliphatic hydroxyl groups is 1. The summed E-state index contributed by atoms with van der Waals surface area (Å²) in [5, 5.41) is 20.5. The Hall–Kier alpha value is -0.870. The van der Waals surface area contributed by atoms with Gasteiger partial charge in [0.05, 0.1) is 0 Å². The van der Waals surface area contributed by atoms with Crippen LogP contribution in [0.3, 0.4) is 0 Å². The molecule has 82 valence electrons. The summed E-state index contributed by atoms with van der Waals surface area (Å²) >= 11 is 0. The van der Waals surface area contributed by atoms with E-state index in [1.807, 2.05) is 13.8 Å². The van der Waals surface area contributed by atoms with E-state index in [1.165, 1.54) is 0 Å². The van der Waals surface area contributed by atoms with E-state index in [-0.39, 0.29) is 18.6 Å². The van der Waals surface area contributed by atoms with Gasteiger partial charge in [0, 0.05) is 24.8 Å². The van der Waals surface area contributed by atoms with Gasteiger partial charge in [0.25, 0.3) is 0 Å². The van der Waals surface area contributed by atoms with Crippen molar-refractivity contribution in [3.63, 3.8) is 0 Å². The Morgan fingerprint density at radius 2 is 2.07 bits per heavy atom. The van der Waals surface area contributed by atoms with Crippen LogP contribution in [0.5, 0.6) is 0 Å². The van der Waals surface area contributed by atoms with Crippen LogP contribution < -0.4 is 5.32 Å². The molecule has 0 aliphatic carbocycles. The molecule has 0 aromatic rings. The number of carbonyl (C=O) groups is 1. The van der Waals surface area contributed by atoms with Gasteiger partial charge in [0.2, 0.25) is 0 Å². The van der Waals surface area contributed by atoms with Gasteiger partial charge in [-0.05, 0) is 19.8 Å². The Labute approximate surface area is 84.6 Å². The minimum atomic E-state index is -0.894. The molecule has 0 rings (SSSR count). The first-order valence-electron chi connectivity index (χ1n) is 4.73. The summed E-state index contributed by atoms with van der Waals surface area (Å²) in [6, 6.07) is 0.179. The number of aliphatic hydroxyl groups excluding tert-OH is 1. The SMILES string of the molecule is C/C(=C/CNC(C)C(C)CO)C(=O)O. The molecule has 0 aliphatic heterocycles. The van der Waals surface area contributed by atoms with Crippen LogP contribution in [-0.4, -0.2) is 35.4 Å². The molecule has 0 saturated heterocycles. The van der Waals surface area contributed by atoms with Gasteiger partial charge < -0.3 is 15.5 Å². The Morgan fingerprint density at radius 1 is 1.50 bits per heavy atom. The molecule has 0 amide bonds. The lowest BCUT2D eigenvalue weighted by molar-refractivity contribution is -0.132. The lowest BCUT2D eigenvalue weighted by Crippen LogP contribution is -2.34. The van der Waals surface area contributed by atoms with E-state index in [0.29, 0.717) is 12.1 Å². The highest BCUT2D eigenvalue weighted by molar-refractivity contribution is 5.85. The summed E-state index contributed by atoms with van der Waals surface area (Å²) in [6.45, 7) is 6.11. The lowest BCUT2D eigenvalue weighted by atomic mass is 10.1. The van der Waals surface area contributed by atoms with Crippen molar-refractivity contribution in [3.8, 4) is 0 Å². The van der Waals surface area contributed by atoms with Gasteiger partial charge >= 0.3 is 5.97 Å². The molecule has 0 fully saturated rings. The summed E-state index contributed by atoms with van der Waals surface area (Å²) in [6.07, 6.45) is 1.63. The number of rotatable bonds is 6. The maximum atomic E-state index is 10.4. The maximum absolute atomic E-state index is 10.4. The second-order valence-corrected chi connectivity index (χ2v) is 3.55. The van der Waals surface area contributed by atoms with E-state index in [0.717, 1.165) is 0 Å². The minimum Gasteiger partial charge on any atom is -0.478 e. The van der Waals surface area contributed by atoms with Gasteiger partial charge in [-0.15, -0.1) is 0 Å². The Kier molecular flexibility index (Phi) is 6.16. The van der Waals surface area contributed by atoms with Crippen LogP contribution in [0.2, 0.25) is 0 Å². The maximum Gasteiger partial charge on any atom is 0.330 e. The lowest BCUT2D eigenvalue weighted by Gasteiger charge is -2.18. The Morgan fingerprint density at radius 3 is 2.50 bits per heavy atom. The number of carboxylic acid groups (broad SMARTS) is 1. The fourth-order valence-corrected chi connectivity index (χ4v) is 0.845. The third kappa shape index (κ3) is 4.99. The van der Waals surface area contributed by atoms with Gasteiger partial charge in [0.1, 0.15) is 0 Å². The van der Waals surface area contributed by atoms with E-state index in [9.17, 15) is 4.79 Å². The van der Waals surface area contributed by atoms with Crippen LogP contribution in [-0.2, 0) is 4.79 Å². The third-order valence-electron chi connectivity index (χ3n) is 2.33. The van der Waals surface area contributed by atoms with Crippen molar-refractivity contribution in [3.05, 3.63) is 11.6 Å². The molecule has 0 aromatic carbocycles. The monoisotopic (exact) mass is 201 g/mol. The van der Waals surface area contributed by atoms with Crippen molar-refractivity contribution in [2.24, 2.45) is 5.92 Å². The van der Waals surface area contributed by atoms with Crippen molar-refractivity contribution in [1.29, 1.82) is 0 Å². The summed E-state index contributed by atoms with van der Waals surface area (Å²) in [5.74, 6) is -0.719. The summed E-state index contributed by atoms with van der Waals surface area (Å²) in [5.41, 5.74) is 0.335. The average molecular weight is 201 g/mol. The highest BCUT2D eigenvalue weighted by atomic mass is 16.4. The molecule has 0 aliphatic rings. The van der Waals surface area contributed by atoms with Crippen molar-refractivity contribution < 1.29 is 15.0 Å². The normalized spacial score (nSPS) is 16.4. The molecule has 14 heavy (non-hydrogen) atoms. The summed E-state index contributed by atoms with van der Waals surface area (Å²) in [7, 11) is 0. The molecule has 4 nitrogen and oxygen atoms in total. The van der Waals surface area contributed by atoms with E-state index in [4.69, 9.17) is 10.2 Å². The molecule has 0 aromatic heterocycles. The molecule has 0 bridgehead atoms. The highest BCUT2D eigenvalue weighted by Gasteiger charge is 2.09. The fourth-order valence-electron chi connectivity index (χ4n) is 0.845. The molecular formula is C10H19NO3. The first-order chi connectivity index (χ1) is 6.49. The predicted molar refractivity (Wildman–Crippen MR) is 55.1 cm³/mol. The Balaban J connectivity index is 3.84. The third-order valence-corrected chi connectivity index (χ3v) is 2.33. The summed E-state index contributed by atoms with van der Waals surface area (Å²) < 4.78 is 0. The zero-order chi connectivity index (χ0) is 11.1. The van der Waals surface area contributed by atoms with E-state index >= 15 is 0 Å². The second-order valence-electron chi connectivity index (χ2n) is 3.55. The van der Waals surface area contributed by atoms with Crippen molar-refractivity contribution in [1.82, 2.24) is 5.32 Å². The van der Waals surface area contributed by atoms with Gasteiger partial charge in [-0.2, -0.15) is 0 Å². The minimum absolute atomic E-state index is 0.135. The molecule has 0 saturated carbocycles. The first kappa shape index (κ1) is 13.1. The number of aliphatic carboxylic acids is 1. The molecule has 0 spiro atoms. The molecular weight excluding hydrogens is 182 g/mol. The summed E-state index contributed by atoms with van der Waals surface area (Å²) in [4.78, 5) is 10.4. The van der Waals surface area contributed by atoms with Crippen molar-refractivity contribution in [2.45, 2.75) is 26.8 Å². The van der Waals surface area contributed by atoms with Crippen molar-refractivity contribution in [2.75, 3.05) is 13.2 Å². The number of nitrogens with one attached hydrogen (secondary N) is 1. The van der Waals surface area contributed by atoms with Crippen LogP contribution in [0.25, 0.3) is 0 Å². The molecule has 0 heterocycles. The van der Waals surface area contributed by atoms with Gasteiger partial charge in [0.15, 0.2) is 0 Å². The predicted octanol–water partition coefficient (Wildman–Crippen LogP) is 0.624. The van der Waals surface area contributed by atoms with Crippen LogP contribution in [0.15, 0.2) is 11.6 Å². The van der Waals surface area contributed by atoms with Gasteiger partial charge in [-0.3, -0.25) is 0 Å². The first-order valence-corrected chi connectivity index (χ1v) is 4.73. The largest absolute Gasteiger partial charge is 0.478 e. The number of hydrogen-bond donors (Lipinski definition) is 3. The van der Waals surface area contributed by atoms with Gasteiger partial charge in [-0.1, -0.05) is 13.0 Å². The molecule has 3 N–H and O–H groups in total.